The number of benzene rings is 1. The molecule has 0 radical (unpaired) electrons. The fourth-order valence-corrected chi connectivity index (χ4v) is 1.74. The number of nitrogen functional groups attached to an aromatic ring is 1. The molecule has 2 heteroatoms. The molecule has 0 aliphatic carbocycles. The lowest BCUT2D eigenvalue weighted by molar-refractivity contribution is 0.648. The molecule has 1 aliphatic heterocycles. The van der Waals surface area contributed by atoms with Gasteiger partial charge in [-0.2, -0.15) is 0 Å². The molecule has 1 fully saturated rings. The van der Waals surface area contributed by atoms with Crippen molar-refractivity contribution in [3.05, 3.63) is 29.8 Å². The van der Waals surface area contributed by atoms with Gasteiger partial charge >= 0.3 is 0 Å². The monoisotopic (exact) mass is 162 g/mol. The summed E-state index contributed by atoms with van der Waals surface area (Å²) in [5, 5.41) is 3.44. The summed E-state index contributed by atoms with van der Waals surface area (Å²) in [6.45, 7) is 1.14. The normalized spacial score (nSPS) is 22.8. The first-order valence-corrected chi connectivity index (χ1v) is 4.45. The van der Waals surface area contributed by atoms with Gasteiger partial charge < -0.3 is 11.1 Å². The van der Waals surface area contributed by atoms with E-state index >= 15 is 0 Å². The fraction of sp³-hybridized carbons (Fsp3) is 0.400. The summed E-state index contributed by atoms with van der Waals surface area (Å²) in [7, 11) is 0. The van der Waals surface area contributed by atoms with Gasteiger partial charge in [0, 0.05) is 11.7 Å². The zero-order valence-corrected chi connectivity index (χ0v) is 7.09. The number of rotatable bonds is 1. The smallest absolute Gasteiger partial charge is 0.0321 e. The Morgan fingerprint density at radius 3 is 3.00 bits per heavy atom. The Bertz CT molecular complexity index is 264. The van der Waals surface area contributed by atoms with Crippen LogP contribution in [0.2, 0.25) is 0 Å². The van der Waals surface area contributed by atoms with Crippen LogP contribution < -0.4 is 11.1 Å². The predicted molar refractivity (Wildman–Crippen MR) is 50.8 cm³/mol. The summed E-state index contributed by atoms with van der Waals surface area (Å²) in [6.07, 6.45) is 2.52. The van der Waals surface area contributed by atoms with E-state index in [-0.39, 0.29) is 0 Å². The minimum absolute atomic E-state index is 0.536. The third-order valence-electron chi connectivity index (χ3n) is 2.37. The van der Waals surface area contributed by atoms with Gasteiger partial charge in [0.05, 0.1) is 0 Å². The van der Waals surface area contributed by atoms with Crippen LogP contribution in [0.4, 0.5) is 5.69 Å². The van der Waals surface area contributed by atoms with Crippen molar-refractivity contribution >= 4 is 5.69 Å². The molecule has 0 spiro atoms. The Morgan fingerprint density at radius 2 is 2.33 bits per heavy atom. The van der Waals surface area contributed by atoms with Gasteiger partial charge in [-0.15, -0.1) is 0 Å². The molecule has 1 aliphatic rings. The van der Waals surface area contributed by atoms with Gasteiger partial charge in [-0.25, -0.2) is 0 Å². The summed E-state index contributed by atoms with van der Waals surface area (Å²) in [6, 6.07) is 8.68. The Labute approximate surface area is 72.8 Å². The van der Waals surface area contributed by atoms with E-state index in [1.54, 1.807) is 0 Å². The van der Waals surface area contributed by atoms with E-state index in [0.29, 0.717) is 6.04 Å². The maximum atomic E-state index is 5.70. The number of nitrogens with two attached hydrogens (primary N) is 1. The highest BCUT2D eigenvalue weighted by molar-refractivity contribution is 5.41. The maximum absolute atomic E-state index is 5.70. The van der Waals surface area contributed by atoms with Crippen LogP contribution in [-0.4, -0.2) is 6.54 Å². The molecule has 12 heavy (non-hydrogen) atoms. The summed E-state index contributed by atoms with van der Waals surface area (Å²) < 4.78 is 0. The van der Waals surface area contributed by atoms with Crippen LogP contribution in [0.5, 0.6) is 0 Å². The predicted octanol–water partition coefficient (Wildman–Crippen LogP) is 1.69. The second-order valence-electron chi connectivity index (χ2n) is 3.32. The average Bonchev–Trinajstić information content (AvgIpc) is 2.56. The Hall–Kier alpha value is -1.02. The first-order valence-electron chi connectivity index (χ1n) is 4.45. The van der Waals surface area contributed by atoms with Gasteiger partial charge in [0.2, 0.25) is 0 Å². The maximum Gasteiger partial charge on any atom is 0.0321 e. The first kappa shape index (κ1) is 7.62. The second-order valence-corrected chi connectivity index (χ2v) is 3.32. The van der Waals surface area contributed by atoms with E-state index in [4.69, 9.17) is 5.73 Å². The lowest BCUT2D eigenvalue weighted by atomic mass is 10.1. The van der Waals surface area contributed by atoms with Crippen molar-refractivity contribution in [1.82, 2.24) is 5.32 Å². The van der Waals surface area contributed by atoms with Crippen LogP contribution in [0.25, 0.3) is 0 Å². The van der Waals surface area contributed by atoms with Gasteiger partial charge in [0.25, 0.3) is 0 Å². The van der Waals surface area contributed by atoms with Gasteiger partial charge in [-0.1, -0.05) is 12.1 Å². The van der Waals surface area contributed by atoms with Gasteiger partial charge in [0.1, 0.15) is 0 Å². The van der Waals surface area contributed by atoms with Crippen LogP contribution in [0.3, 0.4) is 0 Å². The van der Waals surface area contributed by atoms with Crippen LogP contribution in [-0.2, 0) is 0 Å². The molecule has 1 unspecified atom stereocenters. The van der Waals surface area contributed by atoms with Crippen LogP contribution in [0.15, 0.2) is 24.3 Å². The van der Waals surface area contributed by atoms with Crippen LogP contribution in [0.1, 0.15) is 24.4 Å². The van der Waals surface area contributed by atoms with E-state index in [2.05, 4.69) is 17.4 Å². The molecule has 0 aromatic heterocycles. The zero-order valence-electron chi connectivity index (χ0n) is 7.09. The molecular formula is C10H14N2. The summed E-state index contributed by atoms with van der Waals surface area (Å²) >= 11 is 0. The van der Waals surface area contributed by atoms with Gasteiger partial charge in [-0.3, -0.25) is 0 Å². The summed E-state index contributed by atoms with van der Waals surface area (Å²) in [5.74, 6) is 0. The lowest BCUT2D eigenvalue weighted by Crippen LogP contribution is -2.12. The molecule has 0 amide bonds. The minimum Gasteiger partial charge on any atom is -0.399 e. The summed E-state index contributed by atoms with van der Waals surface area (Å²) in [5.41, 5.74) is 7.89. The minimum atomic E-state index is 0.536. The molecule has 0 saturated carbocycles. The second kappa shape index (κ2) is 3.15. The Balaban J connectivity index is 2.21. The fourth-order valence-electron chi connectivity index (χ4n) is 1.74. The molecular weight excluding hydrogens is 148 g/mol. The summed E-state index contributed by atoms with van der Waals surface area (Å²) in [4.78, 5) is 0. The third-order valence-corrected chi connectivity index (χ3v) is 2.37. The standard InChI is InChI=1S/C10H14N2/c11-9-4-1-3-8(7-9)10-5-2-6-12-10/h1,3-4,7,10,12H,2,5-6,11H2. The van der Waals surface area contributed by atoms with Crippen molar-refractivity contribution in [2.75, 3.05) is 12.3 Å². The molecule has 64 valence electrons. The number of hydrogen-bond donors (Lipinski definition) is 2. The molecule has 1 atom stereocenters. The first-order chi connectivity index (χ1) is 5.86. The van der Waals surface area contributed by atoms with Crippen LogP contribution >= 0.6 is 0 Å². The lowest BCUT2D eigenvalue weighted by Gasteiger charge is -2.10. The third kappa shape index (κ3) is 1.43. The van der Waals surface area contributed by atoms with Crippen molar-refractivity contribution in [2.24, 2.45) is 0 Å². The number of nitrogens with one attached hydrogen (secondary N) is 1. The highest BCUT2D eigenvalue weighted by Crippen LogP contribution is 2.23. The highest BCUT2D eigenvalue weighted by atomic mass is 14.9. The van der Waals surface area contributed by atoms with Crippen molar-refractivity contribution in [3.63, 3.8) is 0 Å². The van der Waals surface area contributed by atoms with E-state index in [1.807, 2.05) is 12.1 Å². The number of hydrogen-bond acceptors (Lipinski definition) is 2. The van der Waals surface area contributed by atoms with Gasteiger partial charge in [-0.05, 0) is 37.1 Å². The SMILES string of the molecule is Nc1cccc(C2CCCN2)c1. The Morgan fingerprint density at radius 1 is 1.42 bits per heavy atom. The Kier molecular flexibility index (Phi) is 2.00. The quantitative estimate of drug-likeness (QED) is 0.617. The molecule has 1 saturated heterocycles. The van der Waals surface area contributed by atoms with Crippen molar-refractivity contribution in [3.8, 4) is 0 Å². The largest absolute Gasteiger partial charge is 0.399 e. The number of anilines is 1. The van der Waals surface area contributed by atoms with E-state index in [9.17, 15) is 0 Å². The van der Waals surface area contributed by atoms with Crippen molar-refractivity contribution < 1.29 is 0 Å². The molecule has 1 aromatic carbocycles. The molecule has 0 bridgehead atoms. The van der Waals surface area contributed by atoms with E-state index in [1.165, 1.54) is 18.4 Å². The van der Waals surface area contributed by atoms with Crippen molar-refractivity contribution in [1.29, 1.82) is 0 Å². The average molecular weight is 162 g/mol. The topological polar surface area (TPSA) is 38.0 Å². The van der Waals surface area contributed by atoms with E-state index < -0.39 is 0 Å². The molecule has 1 heterocycles. The molecule has 1 aromatic rings. The van der Waals surface area contributed by atoms with Gasteiger partial charge in [0.15, 0.2) is 0 Å². The molecule has 3 N–H and O–H groups in total. The van der Waals surface area contributed by atoms with Crippen molar-refractivity contribution in [2.45, 2.75) is 18.9 Å². The highest BCUT2D eigenvalue weighted by Gasteiger charge is 2.15. The zero-order chi connectivity index (χ0) is 8.39. The van der Waals surface area contributed by atoms with E-state index in [0.717, 1.165) is 12.2 Å². The molecule has 2 nitrogen and oxygen atoms in total. The van der Waals surface area contributed by atoms with Crippen LogP contribution in [0, 0.1) is 0 Å². The molecule has 2 rings (SSSR count).